The second kappa shape index (κ2) is 6.04. The van der Waals surface area contributed by atoms with Gasteiger partial charge in [-0.2, -0.15) is 9.61 Å². The number of fused-ring (bicyclic) bond motifs is 1. The molecule has 25 heavy (non-hydrogen) atoms. The molecule has 1 N–H and O–H groups in total. The van der Waals surface area contributed by atoms with Gasteiger partial charge in [-0.15, -0.1) is 0 Å². The highest BCUT2D eigenvalue weighted by Gasteiger charge is 2.28. The van der Waals surface area contributed by atoms with Gasteiger partial charge >= 0.3 is 0 Å². The number of nitrogens with one attached hydrogen (secondary N) is 1. The maximum Gasteiger partial charge on any atom is 0.257 e. The number of carbonyl (C=O) groups is 1. The van der Waals surface area contributed by atoms with E-state index in [-0.39, 0.29) is 5.91 Å². The monoisotopic (exact) mass is 356 g/mol. The molecule has 0 radical (unpaired) electrons. The Morgan fingerprint density at radius 2 is 2.16 bits per heavy atom. The molecule has 1 amide bonds. The van der Waals surface area contributed by atoms with Gasteiger partial charge in [0, 0.05) is 24.4 Å². The third-order valence-corrected chi connectivity index (χ3v) is 4.67. The number of pyridine rings is 2. The molecule has 3 aromatic rings. The zero-order valence-electron chi connectivity index (χ0n) is 13.9. The van der Waals surface area contributed by atoms with Crippen LogP contribution in [0.2, 0.25) is 5.02 Å². The first-order valence-corrected chi connectivity index (χ1v) is 8.44. The van der Waals surface area contributed by atoms with Crippen molar-refractivity contribution < 1.29 is 9.53 Å². The quantitative estimate of drug-likeness (QED) is 0.771. The smallest absolute Gasteiger partial charge is 0.257 e. The molecule has 0 atom stereocenters. The number of halogens is 1. The summed E-state index contributed by atoms with van der Waals surface area (Å²) >= 11 is 6.17. The second-order valence-electron chi connectivity index (χ2n) is 6.20. The molecule has 3 heterocycles. The Labute approximate surface area is 149 Å². The van der Waals surface area contributed by atoms with Crippen LogP contribution in [-0.4, -0.2) is 27.6 Å². The third-order valence-electron chi connectivity index (χ3n) is 4.38. The summed E-state index contributed by atoms with van der Waals surface area (Å²) in [5.74, 6) is 0.833. The minimum absolute atomic E-state index is 0.244. The average molecular weight is 357 g/mol. The van der Waals surface area contributed by atoms with Crippen molar-refractivity contribution >= 4 is 28.7 Å². The summed E-state index contributed by atoms with van der Waals surface area (Å²) in [6.45, 7) is 1.85. The summed E-state index contributed by atoms with van der Waals surface area (Å²) in [6, 6.07) is 5.45. The number of rotatable bonds is 4. The van der Waals surface area contributed by atoms with Crippen LogP contribution in [-0.2, 0) is 0 Å². The molecule has 0 spiro atoms. The Hall–Kier alpha value is -2.60. The van der Waals surface area contributed by atoms with E-state index in [1.807, 2.05) is 13.0 Å². The highest BCUT2D eigenvalue weighted by atomic mass is 35.5. The second-order valence-corrected chi connectivity index (χ2v) is 6.60. The Bertz CT molecular complexity index is 958. The number of aromatic nitrogens is 3. The zero-order valence-corrected chi connectivity index (χ0v) is 14.7. The Kier molecular flexibility index (Phi) is 3.84. The van der Waals surface area contributed by atoms with Gasteiger partial charge in [-0.05, 0) is 37.5 Å². The largest absolute Gasteiger partial charge is 0.481 e. The van der Waals surface area contributed by atoms with Crippen LogP contribution in [0, 0.1) is 6.92 Å². The van der Waals surface area contributed by atoms with Crippen LogP contribution in [0.4, 0.5) is 5.69 Å². The van der Waals surface area contributed by atoms with E-state index in [1.54, 1.807) is 30.0 Å². The van der Waals surface area contributed by atoms with Crippen LogP contribution in [0.3, 0.4) is 0 Å². The van der Waals surface area contributed by atoms with Gasteiger partial charge in [-0.3, -0.25) is 9.78 Å². The Balaban J connectivity index is 1.76. The molecule has 1 fully saturated rings. The zero-order chi connectivity index (χ0) is 17.6. The van der Waals surface area contributed by atoms with Crippen LogP contribution >= 0.6 is 11.6 Å². The van der Waals surface area contributed by atoms with Crippen LogP contribution in [0.15, 0.2) is 30.6 Å². The van der Waals surface area contributed by atoms with Crippen LogP contribution in [0.5, 0.6) is 5.88 Å². The van der Waals surface area contributed by atoms with Crippen molar-refractivity contribution in [2.24, 2.45) is 0 Å². The molecule has 3 aromatic heterocycles. The fraction of sp³-hybridized carbons (Fsp3) is 0.278. The summed E-state index contributed by atoms with van der Waals surface area (Å²) in [4.78, 5) is 16.9. The number of amides is 1. The third kappa shape index (κ3) is 2.82. The van der Waals surface area contributed by atoms with E-state index in [0.717, 1.165) is 29.6 Å². The van der Waals surface area contributed by atoms with Gasteiger partial charge in [-0.1, -0.05) is 11.6 Å². The molecule has 0 aliphatic heterocycles. The lowest BCUT2D eigenvalue weighted by atomic mass is 10.1. The van der Waals surface area contributed by atoms with Crippen molar-refractivity contribution in [3.05, 3.63) is 52.4 Å². The van der Waals surface area contributed by atoms with E-state index in [9.17, 15) is 4.79 Å². The molecule has 0 aromatic carbocycles. The van der Waals surface area contributed by atoms with Crippen molar-refractivity contribution in [2.75, 3.05) is 12.4 Å². The molecule has 4 rings (SSSR count). The lowest BCUT2D eigenvalue weighted by Gasteiger charge is -2.11. The summed E-state index contributed by atoms with van der Waals surface area (Å²) < 4.78 is 7.06. The molecule has 0 saturated heterocycles. The average Bonchev–Trinajstić information content (AvgIpc) is 3.35. The molecule has 6 nitrogen and oxygen atoms in total. The van der Waals surface area contributed by atoms with E-state index < -0.39 is 0 Å². The van der Waals surface area contributed by atoms with Crippen molar-refractivity contribution in [3.8, 4) is 5.88 Å². The molecular formula is C18H17ClN4O2. The first kappa shape index (κ1) is 15.9. The Morgan fingerprint density at radius 3 is 2.84 bits per heavy atom. The van der Waals surface area contributed by atoms with Crippen LogP contribution in [0.25, 0.3) is 5.52 Å². The molecule has 7 heteroatoms. The maximum atomic E-state index is 12.9. The normalized spacial score (nSPS) is 13.9. The number of anilines is 1. The predicted octanol–water partition coefficient (Wildman–Crippen LogP) is 3.83. The predicted molar refractivity (Wildman–Crippen MR) is 95.7 cm³/mol. The van der Waals surface area contributed by atoms with Crippen molar-refractivity contribution in [3.63, 3.8) is 0 Å². The highest BCUT2D eigenvalue weighted by molar-refractivity contribution is 6.34. The number of nitrogens with zero attached hydrogens (tertiary/aromatic N) is 3. The number of aryl methyl sites for hydroxylation is 1. The van der Waals surface area contributed by atoms with Gasteiger partial charge in [0.25, 0.3) is 5.91 Å². The number of methoxy groups -OCH3 is 1. The van der Waals surface area contributed by atoms with Gasteiger partial charge in [0.1, 0.15) is 0 Å². The molecule has 0 bridgehead atoms. The minimum Gasteiger partial charge on any atom is -0.481 e. The fourth-order valence-corrected chi connectivity index (χ4v) is 3.12. The van der Waals surface area contributed by atoms with E-state index in [4.69, 9.17) is 16.3 Å². The van der Waals surface area contributed by atoms with Crippen LogP contribution in [0.1, 0.15) is 40.4 Å². The number of ether oxygens (including phenoxy) is 1. The Morgan fingerprint density at radius 1 is 1.36 bits per heavy atom. The molecule has 1 saturated carbocycles. The van der Waals surface area contributed by atoms with E-state index >= 15 is 0 Å². The molecule has 1 aliphatic rings. The van der Waals surface area contributed by atoms with Crippen molar-refractivity contribution in [1.82, 2.24) is 14.6 Å². The maximum absolute atomic E-state index is 12.9. The van der Waals surface area contributed by atoms with E-state index in [1.165, 1.54) is 6.20 Å². The lowest BCUT2D eigenvalue weighted by Crippen LogP contribution is -2.15. The topological polar surface area (TPSA) is 68.5 Å². The SMILES string of the molecule is COc1ccc(C(=O)Nc2c(C)cncc2Cl)c2cc(C3CC3)nn12. The van der Waals surface area contributed by atoms with Gasteiger partial charge in [0.2, 0.25) is 5.88 Å². The van der Waals surface area contributed by atoms with E-state index in [0.29, 0.717) is 28.1 Å². The summed E-state index contributed by atoms with van der Waals surface area (Å²) in [5, 5.41) is 7.90. The first-order chi connectivity index (χ1) is 12.1. The van der Waals surface area contributed by atoms with Crippen LogP contribution < -0.4 is 10.1 Å². The van der Waals surface area contributed by atoms with Gasteiger partial charge < -0.3 is 10.1 Å². The van der Waals surface area contributed by atoms with Gasteiger partial charge in [0.05, 0.1) is 34.6 Å². The fourth-order valence-electron chi connectivity index (χ4n) is 2.87. The van der Waals surface area contributed by atoms with Crippen molar-refractivity contribution in [1.29, 1.82) is 0 Å². The van der Waals surface area contributed by atoms with Crippen molar-refractivity contribution in [2.45, 2.75) is 25.7 Å². The minimum atomic E-state index is -0.244. The molecule has 128 valence electrons. The number of carbonyl (C=O) groups excluding carboxylic acids is 1. The lowest BCUT2D eigenvalue weighted by molar-refractivity contribution is 0.102. The number of hydrogen-bond acceptors (Lipinski definition) is 4. The van der Waals surface area contributed by atoms with Gasteiger partial charge in [0.15, 0.2) is 0 Å². The molecule has 1 aliphatic carbocycles. The number of hydrogen-bond donors (Lipinski definition) is 1. The van der Waals surface area contributed by atoms with E-state index in [2.05, 4.69) is 15.4 Å². The molecule has 0 unspecified atom stereocenters. The first-order valence-electron chi connectivity index (χ1n) is 8.06. The summed E-state index contributed by atoms with van der Waals surface area (Å²) in [6.07, 6.45) is 5.45. The summed E-state index contributed by atoms with van der Waals surface area (Å²) in [5.41, 5.74) is 3.61. The van der Waals surface area contributed by atoms with Gasteiger partial charge in [-0.25, -0.2) is 0 Å². The summed E-state index contributed by atoms with van der Waals surface area (Å²) in [7, 11) is 1.59. The highest BCUT2D eigenvalue weighted by Crippen LogP contribution is 2.40. The standard InChI is InChI=1S/C18H17ClN4O2/c1-10-8-20-9-13(19)17(10)21-18(24)12-5-6-16(25-2)23-15(12)7-14(22-23)11-3-4-11/h5-9,11H,3-4H2,1-2H3,(H,20,21,24). The molecular weight excluding hydrogens is 340 g/mol.